The highest BCUT2D eigenvalue weighted by Gasteiger charge is 2.31. The van der Waals surface area contributed by atoms with Gasteiger partial charge >= 0.3 is 5.97 Å². The summed E-state index contributed by atoms with van der Waals surface area (Å²) in [5.41, 5.74) is 0. The maximum Gasteiger partial charge on any atom is 0.304 e. The van der Waals surface area contributed by atoms with Crippen molar-refractivity contribution in [1.82, 2.24) is 4.90 Å². The van der Waals surface area contributed by atoms with Gasteiger partial charge in [-0.15, -0.1) is 0 Å². The van der Waals surface area contributed by atoms with Crippen LogP contribution in [0.5, 0.6) is 0 Å². The summed E-state index contributed by atoms with van der Waals surface area (Å²) in [5, 5.41) is 8.91. The third-order valence-electron chi connectivity index (χ3n) is 3.33. The molecule has 0 radical (unpaired) electrons. The van der Waals surface area contributed by atoms with Gasteiger partial charge in [0.1, 0.15) is 0 Å². The zero-order valence-corrected chi connectivity index (χ0v) is 10.5. The molecule has 1 aliphatic rings. The average Bonchev–Trinajstić information content (AvgIpc) is 2.25. The second-order valence-corrected chi connectivity index (χ2v) is 4.56. The Kier molecular flexibility index (Phi) is 5.22. The van der Waals surface area contributed by atoms with E-state index in [1.165, 1.54) is 0 Å². The first kappa shape index (κ1) is 13.5. The molecule has 0 aromatic rings. The standard InChI is InChI=1S/C12H23NO3/c1-4-10(6-12(14)15)13-7-9(3)16-8-11(13)5-2/h9-11H,4-8H2,1-3H3,(H,14,15). The van der Waals surface area contributed by atoms with E-state index in [2.05, 4.69) is 18.7 Å². The van der Waals surface area contributed by atoms with Crippen LogP contribution in [0.4, 0.5) is 0 Å². The molecule has 4 nitrogen and oxygen atoms in total. The van der Waals surface area contributed by atoms with E-state index in [0.717, 1.165) is 26.0 Å². The predicted molar refractivity (Wildman–Crippen MR) is 62.5 cm³/mol. The molecule has 1 aliphatic heterocycles. The maximum absolute atomic E-state index is 10.8. The predicted octanol–water partition coefficient (Wildman–Crippen LogP) is 1.74. The lowest BCUT2D eigenvalue weighted by molar-refractivity contribution is -0.140. The Labute approximate surface area is 97.6 Å². The first-order chi connectivity index (χ1) is 7.58. The summed E-state index contributed by atoms with van der Waals surface area (Å²) < 4.78 is 5.62. The van der Waals surface area contributed by atoms with E-state index in [-0.39, 0.29) is 18.6 Å². The molecule has 0 bridgehead atoms. The van der Waals surface area contributed by atoms with Crippen LogP contribution in [-0.4, -0.2) is 47.3 Å². The number of hydrogen-bond donors (Lipinski definition) is 1. The number of morpholine rings is 1. The van der Waals surface area contributed by atoms with E-state index in [1.807, 2.05) is 6.92 Å². The Morgan fingerprint density at radius 3 is 2.75 bits per heavy atom. The number of aliphatic carboxylic acids is 1. The summed E-state index contributed by atoms with van der Waals surface area (Å²) in [7, 11) is 0. The molecular weight excluding hydrogens is 206 g/mol. The fraction of sp³-hybridized carbons (Fsp3) is 0.917. The van der Waals surface area contributed by atoms with Gasteiger partial charge < -0.3 is 9.84 Å². The summed E-state index contributed by atoms with van der Waals surface area (Å²) in [6.07, 6.45) is 2.35. The van der Waals surface area contributed by atoms with Crippen LogP contribution in [0.1, 0.15) is 40.0 Å². The molecule has 0 spiro atoms. The fourth-order valence-corrected chi connectivity index (χ4v) is 2.37. The van der Waals surface area contributed by atoms with E-state index >= 15 is 0 Å². The van der Waals surface area contributed by atoms with Gasteiger partial charge in [0.2, 0.25) is 0 Å². The van der Waals surface area contributed by atoms with Crippen LogP contribution in [0.15, 0.2) is 0 Å². The van der Waals surface area contributed by atoms with E-state index in [9.17, 15) is 4.79 Å². The van der Waals surface area contributed by atoms with Crippen LogP contribution >= 0.6 is 0 Å². The molecule has 1 heterocycles. The molecule has 0 aromatic heterocycles. The first-order valence-electron chi connectivity index (χ1n) is 6.17. The molecule has 1 fully saturated rings. The minimum Gasteiger partial charge on any atom is -0.481 e. The molecular formula is C12H23NO3. The lowest BCUT2D eigenvalue weighted by Gasteiger charge is -2.42. The van der Waals surface area contributed by atoms with Crippen molar-refractivity contribution < 1.29 is 14.6 Å². The van der Waals surface area contributed by atoms with Crippen molar-refractivity contribution in [3.8, 4) is 0 Å². The molecule has 3 atom stereocenters. The van der Waals surface area contributed by atoms with Crippen molar-refractivity contribution >= 4 is 5.97 Å². The minimum atomic E-state index is -0.708. The largest absolute Gasteiger partial charge is 0.481 e. The highest BCUT2D eigenvalue weighted by molar-refractivity contribution is 5.67. The zero-order valence-electron chi connectivity index (χ0n) is 10.5. The van der Waals surface area contributed by atoms with Crippen LogP contribution in [0.25, 0.3) is 0 Å². The molecule has 16 heavy (non-hydrogen) atoms. The van der Waals surface area contributed by atoms with Gasteiger partial charge in [-0.25, -0.2) is 0 Å². The number of carboxylic acid groups (broad SMARTS) is 1. The fourth-order valence-electron chi connectivity index (χ4n) is 2.37. The molecule has 4 heteroatoms. The number of carboxylic acids is 1. The number of ether oxygens (including phenoxy) is 1. The van der Waals surface area contributed by atoms with Crippen LogP contribution in [-0.2, 0) is 9.53 Å². The molecule has 1 saturated heterocycles. The quantitative estimate of drug-likeness (QED) is 0.780. The molecule has 0 amide bonds. The Hall–Kier alpha value is -0.610. The van der Waals surface area contributed by atoms with Crippen LogP contribution < -0.4 is 0 Å². The van der Waals surface area contributed by atoms with Crippen LogP contribution in [0.2, 0.25) is 0 Å². The normalized spacial score (nSPS) is 28.9. The van der Waals surface area contributed by atoms with E-state index in [0.29, 0.717) is 6.04 Å². The van der Waals surface area contributed by atoms with E-state index in [4.69, 9.17) is 9.84 Å². The van der Waals surface area contributed by atoms with Gasteiger partial charge in [0.05, 0.1) is 19.1 Å². The Balaban J connectivity index is 2.66. The van der Waals surface area contributed by atoms with Crippen molar-refractivity contribution in [2.45, 2.75) is 58.2 Å². The second-order valence-electron chi connectivity index (χ2n) is 4.56. The van der Waals surface area contributed by atoms with Gasteiger partial charge in [-0.05, 0) is 19.8 Å². The Morgan fingerprint density at radius 1 is 1.56 bits per heavy atom. The van der Waals surface area contributed by atoms with Crippen molar-refractivity contribution in [3.05, 3.63) is 0 Å². The third kappa shape index (κ3) is 3.46. The number of rotatable bonds is 5. The Bertz CT molecular complexity index is 232. The summed E-state index contributed by atoms with van der Waals surface area (Å²) in [6.45, 7) is 7.81. The van der Waals surface area contributed by atoms with Gasteiger partial charge in [0, 0.05) is 18.6 Å². The summed E-state index contributed by atoms with van der Waals surface area (Å²) in [5.74, 6) is -0.708. The highest BCUT2D eigenvalue weighted by atomic mass is 16.5. The molecule has 0 saturated carbocycles. The molecule has 0 aliphatic carbocycles. The monoisotopic (exact) mass is 229 g/mol. The number of hydrogen-bond acceptors (Lipinski definition) is 3. The minimum absolute atomic E-state index is 0.147. The summed E-state index contributed by atoms with van der Waals surface area (Å²) >= 11 is 0. The van der Waals surface area contributed by atoms with Crippen molar-refractivity contribution in [2.75, 3.05) is 13.2 Å². The van der Waals surface area contributed by atoms with E-state index in [1.54, 1.807) is 0 Å². The van der Waals surface area contributed by atoms with Crippen LogP contribution in [0.3, 0.4) is 0 Å². The van der Waals surface area contributed by atoms with Gasteiger partial charge in [0.25, 0.3) is 0 Å². The second kappa shape index (κ2) is 6.21. The average molecular weight is 229 g/mol. The van der Waals surface area contributed by atoms with Gasteiger partial charge in [-0.3, -0.25) is 9.69 Å². The lowest BCUT2D eigenvalue weighted by atomic mass is 10.0. The van der Waals surface area contributed by atoms with Gasteiger partial charge in [-0.1, -0.05) is 13.8 Å². The van der Waals surface area contributed by atoms with Crippen molar-refractivity contribution in [2.24, 2.45) is 0 Å². The lowest BCUT2D eigenvalue weighted by Crippen LogP contribution is -2.53. The first-order valence-corrected chi connectivity index (χ1v) is 6.17. The summed E-state index contributed by atoms with van der Waals surface area (Å²) in [6, 6.07) is 0.522. The van der Waals surface area contributed by atoms with Gasteiger partial charge in [-0.2, -0.15) is 0 Å². The maximum atomic E-state index is 10.8. The topological polar surface area (TPSA) is 49.8 Å². The zero-order chi connectivity index (χ0) is 12.1. The Morgan fingerprint density at radius 2 is 2.25 bits per heavy atom. The van der Waals surface area contributed by atoms with E-state index < -0.39 is 5.97 Å². The number of carbonyl (C=O) groups is 1. The molecule has 1 N–H and O–H groups in total. The molecule has 0 aromatic carbocycles. The molecule has 94 valence electrons. The third-order valence-corrected chi connectivity index (χ3v) is 3.33. The van der Waals surface area contributed by atoms with Crippen molar-refractivity contribution in [3.63, 3.8) is 0 Å². The molecule has 3 unspecified atom stereocenters. The number of nitrogens with zero attached hydrogens (tertiary/aromatic N) is 1. The molecule has 1 rings (SSSR count). The van der Waals surface area contributed by atoms with Crippen LogP contribution in [0, 0.1) is 0 Å². The summed E-state index contributed by atoms with van der Waals surface area (Å²) in [4.78, 5) is 13.2. The van der Waals surface area contributed by atoms with Gasteiger partial charge in [0.15, 0.2) is 0 Å². The highest BCUT2D eigenvalue weighted by Crippen LogP contribution is 2.21. The SMILES string of the molecule is CCC1COC(C)CN1C(CC)CC(=O)O. The van der Waals surface area contributed by atoms with Crippen molar-refractivity contribution in [1.29, 1.82) is 0 Å². The smallest absolute Gasteiger partial charge is 0.304 e.